The Morgan fingerprint density at radius 2 is 2.00 bits per heavy atom. The van der Waals surface area contributed by atoms with Crippen LogP contribution in [-0.4, -0.2) is 21.3 Å². The second-order valence-electron chi connectivity index (χ2n) is 4.56. The van der Waals surface area contributed by atoms with E-state index in [1.807, 2.05) is 30.8 Å². The molecule has 0 amide bonds. The highest BCUT2D eigenvalue weighted by Gasteiger charge is 2.11. The van der Waals surface area contributed by atoms with Crippen LogP contribution in [0.1, 0.15) is 29.4 Å². The third-order valence-electron chi connectivity index (χ3n) is 2.94. The monoisotopic (exact) mass is 244 g/mol. The molecule has 2 heterocycles. The van der Waals surface area contributed by atoms with Crippen LogP contribution in [-0.2, 0) is 6.54 Å². The topological polar surface area (TPSA) is 42.7 Å². The molecule has 2 aromatic rings. The van der Waals surface area contributed by atoms with E-state index in [1.165, 1.54) is 11.1 Å². The Bertz CT molecular complexity index is 543. The van der Waals surface area contributed by atoms with E-state index in [1.54, 1.807) is 0 Å². The summed E-state index contributed by atoms with van der Waals surface area (Å²) in [5, 5.41) is 7.82. The molecule has 0 spiro atoms. The average molecular weight is 244 g/mol. The van der Waals surface area contributed by atoms with Crippen molar-refractivity contribution in [2.24, 2.45) is 0 Å². The summed E-state index contributed by atoms with van der Waals surface area (Å²) in [7, 11) is 0. The summed E-state index contributed by atoms with van der Waals surface area (Å²) in [4.78, 5) is 4.63. The maximum Gasteiger partial charge on any atom is 0.158 e. The summed E-state index contributed by atoms with van der Waals surface area (Å²) in [6.45, 7) is 10.0. The second-order valence-corrected chi connectivity index (χ2v) is 4.56. The van der Waals surface area contributed by atoms with Crippen LogP contribution >= 0.6 is 0 Å². The highest BCUT2D eigenvalue weighted by molar-refractivity contribution is 5.40. The Hall–Kier alpha value is -1.68. The van der Waals surface area contributed by atoms with Gasteiger partial charge in [0.2, 0.25) is 0 Å². The molecule has 0 unspecified atom stereocenters. The van der Waals surface area contributed by atoms with E-state index in [4.69, 9.17) is 0 Å². The fourth-order valence-corrected chi connectivity index (χ4v) is 2.03. The van der Waals surface area contributed by atoms with Crippen molar-refractivity contribution in [1.29, 1.82) is 0 Å². The molecule has 0 bridgehead atoms. The fourth-order valence-electron chi connectivity index (χ4n) is 2.03. The Labute approximate surface area is 108 Å². The maximum absolute atomic E-state index is 4.63. The van der Waals surface area contributed by atoms with E-state index in [-0.39, 0.29) is 0 Å². The van der Waals surface area contributed by atoms with Gasteiger partial charge >= 0.3 is 0 Å². The van der Waals surface area contributed by atoms with Crippen LogP contribution in [0.15, 0.2) is 18.3 Å². The Morgan fingerprint density at radius 3 is 2.61 bits per heavy atom. The minimum absolute atomic E-state index is 0.823. The van der Waals surface area contributed by atoms with Crippen LogP contribution in [0, 0.1) is 20.8 Å². The number of hydrogen-bond donors (Lipinski definition) is 1. The lowest BCUT2D eigenvalue weighted by atomic mass is 10.1. The van der Waals surface area contributed by atoms with Crippen molar-refractivity contribution in [3.8, 4) is 5.82 Å². The van der Waals surface area contributed by atoms with Crippen LogP contribution in [0.3, 0.4) is 0 Å². The van der Waals surface area contributed by atoms with Gasteiger partial charge in [-0.15, -0.1) is 0 Å². The number of aryl methyl sites for hydroxylation is 3. The van der Waals surface area contributed by atoms with E-state index in [0.29, 0.717) is 0 Å². The lowest BCUT2D eigenvalue weighted by Crippen LogP contribution is -2.16. The first-order chi connectivity index (χ1) is 8.61. The number of pyridine rings is 1. The molecule has 4 heteroatoms. The molecule has 2 aromatic heterocycles. The van der Waals surface area contributed by atoms with Gasteiger partial charge in [-0.25, -0.2) is 9.67 Å². The van der Waals surface area contributed by atoms with Gasteiger partial charge in [0.15, 0.2) is 5.82 Å². The zero-order chi connectivity index (χ0) is 13.1. The summed E-state index contributed by atoms with van der Waals surface area (Å²) in [5.74, 6) is 0.932. The molecule has 1 N–H and O–H groups in total. The molecule has 96 valence electrons. The molecular weight excluding hydrogens is 224 g/mol. The molecule has 0 aliphatic rings. The minimum Gasteiger partial charge on any atom is -0.313 e. The molecule has 0 fully saturated rings. The SMILES string of the molecule is CCNCc1c(C)cc(C)nc1-n1ccc(C)n1. The predicted molar refractivity (Wildman–Crippen MR) is 73.0 cm³/mol. The first kappa shape index (κ1) is 12.8. The Balaban J connectivity index is 2.49. The first-order valence-corrected chi connectivity index (χ1v) is 6.32. The summed E-state index contributed by atoms with van der Waals surface area (Å²) < 4.78 is 1.86. The molecule has 0 aliphatic carbocycles. The number of nitrogens with one attached hydrogen (secondary N) is 1. The number of nitrogens with zero attached hydrogens (tertiary/aromatic N) is 3. The number of aromatic nitrogens is 3. The quantitative estimate of drug-likeness (QED) is 0.897. The maximum atomic E-state index is 4.63. The molecular formula is C14H20N4. The van der Waals surface area contributed by atoms with E-state index >= 15 is 0 Å². The second kappa shape index (κ2) is 5.31. The molecule has 0 saturated carbocycles. The lowest BCUT2D eigenvalue weighted by molar-refractivity contribution is 0.703. The molecule has 18 heavy (non-hydrogen) atoms. The number of hydrogen-bond acceptors (Lipinski definition) is 3. The van der Waals surface area contributed by atoms with Crippen molar-refractivity contribution < 1.29 is 0 Å². The van der Waals surface area contributed by atoms with Gasteiger partial charge in [0.05, 0.1) is 5.69 Å². The zero-order valence-corrected chi connectivity index (χ0v) is 11.5. The smallest absolute Gasteiger partial charge is 0.158 e. The van der Waals surface area contributed by atoms with E-state index in [2.05, 4.69) is 35.3 Å². The van der Waals surface area contributed by atoms with Crippen LogP contribution < -0.4 is 5.32 Å². The first-order valence-electron chi connectivity index (χ1n) is 6.32. The molecule has 2 rings (SSSR count). The molecule has 4 nitrogen and oxygen atoms in total. The van der Waals surface area contributed by atoms with Gasteiger partial charge < -0.3 is 5.32 Å². The summed E-state index contributed by atoms with van der Waals surface area (Å²) in [5.41, 5.74) is 4.50. The summed E-state index contributed by atoms with van der Waals surface area (Å²) in [6.07, 6.45) is 1.96. The van der Waals surface area contributed by atoms with Gasteiger partial charge in [-0.05, 0) is 45.0 Å². The van der Waals surface area contributed by atoms with Crippen LogP contribution in [0.25, 0.3) is 5.82 Å². The van der Waals surface area contributed by atoms with Gasteiger partial charge in [-0.1, -0.05) is 6.92 Å². The average Bonchev–Trinajstić information content (AvgIpc) is 2.74. The van der Waals surface area contributed by atoms with Crippen molar-refractivity contribution in [3.63, 3.8) is 0 Å². The van der Waals surface area contributed by atoms with E-state index < -0.39 is 0 Å². The zero-order valence-electron chi connectivity index (χ0n) is 11.5. The summed E-state index contributed by atoms with van der Waals surface area (Å²) >= 11 is 0. The third-order valence-corrected chi connectivity index (χ3v) is 2.94. The Kier molecular flexibility index (Phi) is 3.77. The third kappa shape index (κ3) is 2.59. The van der Waals surface area contributed by atoms with Crippen molar-refractivity contribution >= 4 is 0 Å². The van der Waals surface area contributed by atoms with Gasteiger partial charge in [0.1, 0.15) is 0 Å². The lowest BCUT2D eigenvalue weighted by Gasteiger charge is -2.13. The molecule has 0 saturated heterocycles. The molecule has 0 aromatic carbocycles. The van der Waals surface area contributed by atoms with Gasteiger partial charge in [0, 0.05) is 24.0 Å². The van der Waals surface area contributed by atoms with Gasteiger partial charge in [0.25, 0.3) is 0 Å². The molecule has 0 radical (unpaired) electrons. The summed E-state index contributed by atoms with van der Waals surface area (Å²) in [6, 6.07) is 4.11. The largest absolute Gasteiger partial charge is 0.313 e. The predicted octanol–water partition coefficient (Wildman–Crippen LogP) is 2.30. The Morgan fingerprint density at radius 1 is 1.22 bits per heavy atom. The van der Waals surface area contributed by atoms with E-state index in [9.17, 15) is 0 Å². The normalized spacial score (nSPS) is 10.9. The standard InChI is InChI=1S/C14H20N4/c1-5-15-9-13-10(2)8-12(4)16-14(13)18-7-6-11(3)17-18/h6-8,15H,5,9H2,1-4H3. The van der Waals surface area contributed by atoms with Crippen LogP contribution in [0.4, 0.5) is 0 Å². The van der Waals surface area contributed by atoms with Crippen LogP contribution in [0.5, 0.6) is 0 Å². The van der Waals surface area contributed by atoms with Crippen molar-refractivity contribution in [3.05, 3.63) is 40.8 Å². The van der Waals surface area contributed by atoms with Crippen molar-refractivity contribution in [1.82, 2.24) is 20.1 Å². The van der Waals surface area contributed by atoms with Crippen molar-refractivity contribution in [2.45, 2.75) is 34.2 Å². The minimum atomic E-state index is 0.823. The van der Waals surface area contributed by atoms with Gasteiger partial charge in [-0.2, -0.15) is 5.10 Å². The fraction of sp³-hybridized carbons (Fsp3) is 0.429. The van der Waals surface area contributed by atoms with Crippen molar-refractivity contribution in [2.75, 3.05) is 6.54 Å². The molecule has 0 aliphatic heterocycles. The van der Waals surface area contributed by atoms with Crippen LogP contribution in [0.2, 0.25) is 0 Å². The highest BCUT2D eigenvalue weighted by atomic mass is 15.3. The van der Waals surface area contributed by atoms with E-state index in [0.717, 1.165) is 30.3 Å². The number of rotatable bonds is 4. The van der Waals surface area contributed by atoms with Gasteiger partial charge in [-0.3, -0.25) is 0 Å². The molecule has 0 atom stereocenters. The highest BCUT2D eigenvalue weighted by Crippen LogP contribution is 2.17.